The Morgan fingerprint density at radius 1 is 1.58 bits per heavy atom. The van der Waals surface area contributed by atoms with Crippen molar-refractivity contribution in [2.24, 2.45) is 0 Å². The van der Waals surface area contributed by atoms with Gasteiger partial charge < -0.3 is 5.73 Å². The van der Waals surface area contributed by atoms with Crippen LogP contribution in [0.1, 0.15) is 5.69 Å². The molecule has 1 rings (SSSR count). The van der Waals surface area contributed by atoms with Crippen LogP contribution < -0.4 is 5.73 Å². The van der Waals surface area contributed by atoms with E-state index in [-0.39, 0.29) is 11.0 Å². The zero-order chi connectivity index (χ0) is 8.97. The second kappa shape index (κ2) is 3.82. The van der Waals surface area contributed by atoms with E-state index in [1.54, 1.807) is 0 Å². The number of anilines is 1. The summed E-state index contributed by atoms with van der Waals surface area (Å²) < 4.78 is 0. The van der Waals surface area contributed by atoms with E-state index in [0.29, 0.717) is 12.0 Å². The van der Waals surface area contributed by atoms with Crippen LogP contribution >= 0.6 is 11.6 Å². The molecule has 1 heterocycles. The molecule has 0 unspecified atom stereocenters. The van der Waals surface area contributed by atoms with E-state index in [9.17, 15) is 4.79 Å². The van der Waals surface area contributed by atoms with E-state index in [1.165, 1.54) is 18.3 Å². The number of nitrogen functional groups attached to an aromatic ring is 1. The maximum Gasteiger partial charge on any atom is 0.171 e. The summed E-state index contributed by atoms with van der Waals surface area (Å²) in [6.45, 7) is 0. The number of hydrogen-bond acceptors (Lipinski definition) is 4. The van der Waals surface area contributed by atoms with Gasteiger partial charge in [-0.1, -0.05) is 11.6 Å². The van der Waals surface area contributed by atoms with Crippen LogP contribution in [0, 0.1) is 0 Å². The van der Waals surface area contributed by atoms with Crippen LogP contribution in [0.5, 0.6) is 0 Å². The standard InChI is InChI=1S/C7H6ClN3O/c8-6-7(9)10-4-5(11-6)2-1-3-12/h1-4H,(H2,9,10). The third-order valence-electron chi connectivity index (χ3n) is 1.12. The minimum absolute atomic E-state index is 0.142. The first-order valence-corrected chi connectivity index (χ1v) is 3.51. The van der Waals surface area contributed by atoms with E-state index in [2.05, 4.69) is 9.97 Å². The number of carbonyl (C=O) groups excluding carboxylic acids is 1. The van der Waals surface area contributed by atoms with Gasteiger partial charge in [0.1, 0.15) is 6.29 Å². The molecule has 0 amide bonds. The van der Waals surface area contributed by atoms with Gasteiger partial charge in [0.2, 0.25) is 0 Å². The van der Waals surface area contributed by atoms with Gasteiger partial charge in [0, 0.05) is 0 Å². The number of nitrogens with zero attached hydrogens (tertiary/aromatic N) is 2. The fraction of sp³-hybridized carbons (Fsp3) is 0. The Kier molecular flexibility index (Phi) is 2.76. The molecule has 0 aliphatic heterocycles. The SMILES string of the molecule is Nc1ncc(C=CC=O)nc1Cl. The minimum atomic E-state index is 0.142. The summed E-state index contributed by atoms with van der Waals surface area (Å²) in [7, 11) is 0. The Hall–Kier alpha value is -1.42. The number of hydrogen-bond donors (Lipinski definition) is 1. The molecule has 12 heavy (non-hydrogen) atoms. The van der Waals surface area contributed by atoms with Crippen LogP contribution in [0.2, 0.25) is 5.15 Å². The van der Waals surface area contributed by atoms with Gasteiger partial charge in [0.25, 0.3) is 0 Å². The zero-order valence-electron chi connectivity index (χ0n) is 6.07. The van der Waals surface area contributed by atoms with Gasteiger partial charge in [-0.3, -0.25) is 4.79 Å². The highest BCUT2D eigenvalue weighted by Crippen LogP contribution is 2.12. The van der Waals surface area contributed by atoms with E-state index in [1.807, 2.05) is 0 Å². The summed E-state index contributed by atoms with van der Waals surface area (Å²) in [4.78, 5) is 17.5. The second-order valence-corrected chi connectivity index (χ2v) is 2.32. The Balaban J connectivity index is 2.96. The minimum Gasteiger partial charge on any atom is -0.381 e. The quantitative estimate of drug-likeness (QED) is 0.547. The zero-order valence-corrected chi connectivity index (χ0v) is 6.82. The van der Waals surface area contributed by atoms with Crippen LogP contribution in [0.15, 0.2) is 12.3 Å². The smallest absolute Gasteiger partial charge is 0.171 e. The Labute approximate surface area is 74.1 Å². The summed E-state index contributed by atoms with van der Waals surface area (Å²) in [5.74, 6) is 0.180. The molecule has 0 atom stereocenters. The van der Waals surface area contributed by atoms with E-state index >= 15 is 0 Å². The largest absolute Gasteiger partial charge is 0.381 e. The van der Waals surface area contributed by atoms with Crippen molar-refractivity contribution in [2.45, 2.75) is 0 Å². The number of nitrogens with two attached hydrogens (primary N) is 1. The number of aldehydes is 1. The van der Waals surface area contributed by atoms with Crippen molar-refractivity contribution in [1.82, 2.24) is 9.97 Å². The maximum absolute atomic E-state index is 9.94. The molecule has 2 N–H and O–H groups in total. The molecule has 0 spiro atoms. The monoisotopic (exact) mass is 183 g/mol. The Morgan fingerprint density at radius 3 is 2.92 bits per heavy atom. The molecule has 5 heteroatoms. The topological polar surface area (TPSA) is 68.9 Å². The number of rotatable bonds is 2. The average molecular weight is 184 g/mol. The summed E-state index contributed by atoms with van der Waals surface area (Å²) in [5.41, 5.74) is 5.82. The summed E-state index contributed by atoms with van der Waals surface area (Å²) in [6, 6.07) is 0. The maximum atomic E-state index is 9.94. The lowest BCUT2D eigenvalue weighted by molar-refractivity contribution is -0.104. The first-order valence-electron chi connectivity index (χ1n) is 3.14. The van der Waals surface area contributed by atoms with Crippen molar-refractivity contribution in [1.29, 1.82) is 0 Å². The van der Waals surface area contributed by atoms with Crippen LogP contribution in [-0.4, -0.2) is 16.3 Å². The molecule has 0 aromatic carbocycles. The van der Waals surface area contributed by atoms with Crippen molar-refractivity contribution < 1.29 is 4.79 Å². The van der Waals surface area contributed by atoms with Crippen molar-refractivity contribution in [3.05, 3.63) is 23.1 Å². The number of allylic oxidation sites excluding steroid dienone is 1. The Morgan fingerprint density at radius 2 is 2.33 bits per heavy atom. The molecular formula is C7H6ClN3O. The van der Waals surface area contributed by atoms with Gasteiger partial charge >= 0.3 is 0 Å². The van der Waals surface area contributed by atoms with Crippen LogP contribution in [0.25, 0.3) is 6.08 Å². The predicted molar refractivity (Wildman–Crippen MR) is 46.6 cm³/mol. The highest BCUT2D eigenvalue weighted by Gasteiger charge is 1.97. The molecule has 1 aromatic rings. The molecule has 0 bridgehead atoms. The molecule has 0 aliphatic rings. The molecule has 0 fully saturated rings. The van der Waals surface area contributed by atoms with Gasteiger partial charge in [-0.15, -0.1) is 0 Å². The van der Waals surface area contributed by atoms with Crippen LogP contribution in [-0.2, 0) is 4.79 Å². The van der Waals surface area contributed by atoms with Gasteiger partial charge in [-0.05, 0) is 12.2 Å². The van der Waals surface area contributed by atoms with Crippen molar-refractivity contribution in [3.63, 3.8) is 0 Å². The second-order valence-electron chi connectivity index (χ2n) is 1.97. The number of carbonyl (C=O) groups is 1. The molecule has 62 valence electrons. The Bertz CT molecular complexity index is 324. The van der Waals surface area contributed by atoms with Gasteiger partial charge in [0.15, 0.2) is 11.0 Å². The third kappa shape index (κ3) is 2.03. The van der Waals surface area contributed by atoms with Gasteiger partial charge in [0.05, 0.1) is 11.9 Å². The third-order valence-corrected chi connectivity index (χ3v) is 1.40. The fourth-order valence-corrected chi connectivity index (χ4v) is 0.753. The molecule has 0 aliphatic carbocycles. The summed E-state index contributed by atoms with van der Waals surface area (Å²) in [6.07, 6.45) is 4.87. The molecule has 1 aromatic heterocycles. The lowest BCUT2D eigenvalue weighted by Gasteiger charge is -1.95. The molecule has 0 radical (unpaired) electrons. The average Bonchev–Trinajstić information content (AvgIpc) is 2.07. The number of aromatic nitrogens is 2. The number of halogens is 1. The van der Waals surface area contributed by atoms with E-state index in [0.717, 1.165) is 0 Å². The van der Waals surface area contributed by atoms with Crippen LogP contribution in [0.3, 0.4) is 0 Å². The highest BCUT2D eigenvalue weighted by atomic mass is 35.5. The first kappa shape index (κ1) is 8.67. The van der Waals surface area contributed by atoms with Crippen molar-refractivity contribution in [2.75, 3.05) is 5.73 Å². The molecule has 4 nitrogen and oxygen atoms in total. The normalized spacial score (nSPS) is 10.4. The molecule has 0 saturated carbocycles. The van der Waals surface area contributed by atoms with Gasteiger partial charge in [-0.2, -0.15) is 0 Å². The fourth-order valence-electron chi connectivity index (χ4n) is 0.607. The van der Waals surface area contributed by atoms with Crippen LogP contribution in [0.4, 0.5) is 5.82 Å². The molecular weight excluding hydrogens is 178 g/mol. The molecule has 0 saturated heterocycles. The summed E-state index contributed by atoms with van der Waals surface area (Å²) in [5, 5.41) is 0.142. The van der Waals surface area contributed by atoms with E-state index in [4.69, 9.17) is 17.3 Å². The van der Waals surface area contributed by atoms with E-state index < -0.39 is 0 Å². The lowest BCUT2D eigenvalue weighted by atomic mass is 10.4. The summed E-state index contributed by atoms with van der Waals surface area (Å²) >= 11 is 5.57. The lowest BCUT2D eigenvalue weighted by Crippen LogP contribution is -1.94. The first-order chi connectivity index (χ1) is 5.74. The predicted octanol–water partition coefficient (Wildman–Crippen LogP) is 0.924. The van der Waals surface area contributed by atoms with Gasteiger partial charge in [-0.25, -0.2) is 9.97 Å². The van der Waals surface area contributed by atoms with Crippen molar-refractivity contribution >= 4 is 29.8 Å². The van der Waals surface area contributed by atoms with Crippen molar-refractivity contribution in [3.8, 4) is 0 Å². The highest BCUT2D eigenvalue weighted by molar-refractivity contribution is 6.31.